The highest BCUT2D eigenvalue weighted by atomic mass is 32.1. The molecule has 0 aliphatic rings. The van der Waals surface area contributed by atoms with Gasteiger partial charge in [0.05, 0.1) is 6.61 Å². The number of benzene rings is 1. The smallest absolute Gasteiger partial charge is 0.119 e. The van der Waals surface area contributed by atoms with Crippen molar-refractivity contribution in [2.45, 2.75) is 25.8 Å². The SMILES string of the molecule is CC(N)Cc1cccc(OCCc2cccs2)c1. The lowest BCUT2D eigenvalue weighted by atomic mass is 10.1. The molecule has 0 aliphatic carbocycles. The second kappa shape index (κ2) is 6.57. The number of hydrogen-bond acceptors (Lipinski definition) is 3. The van der Waals surface area contributed by atoms with E-state index in [1.165, 1.54) is 10.4 Å². The van der Waals surface area contributed by atoms with Crippen molar-refractivity contribution < 1.29 is 4.74 Å². The van der Waals surface area contributed by atoms with Crippen LogP contribution in [0.2, 0.25) is 0 Å². The van der Waals surface area contributed by atoms with E-state index in [2.05, 4.69) is 29.6 Å². The van der Waals surface area contributed by atoms with Crippen LogP contribution in [0.15, 0.2) is 41.8 Å². The highest BCUT2D eigenvalue weighted by molar-refractivity contribution is 7.09. The summed E-state index contributed by atoms with van der Waals surface area (Å²) < 4.78 is 5.77. The molecule has 1 unspecified atom stereocenters. The second-order valence-corrected chi connectivity index (χ2v) is 5.54. The van der Waals surface area contributed by atoms with Gasteiger partial charge in [-0.15, -0.1) is 11.3 Å². The minimum Gasteiger partial charge on any atom is -0.493 e. The molecular formula is C15H19NOS. The van der Waals surface area contributed by atoms with Crippen molar-refractivity contribution in [1.29, 1.82) is 0 Å². The maximum Gasteiger partial charge on any atom is 0.119 e. The van der Waals surface area contributed by atoms with Crippen molar-refractivity contribution in [1.82, 2.24) is 0 Å². The van der Waals surface area contributed by atoms with E-state index < -0.39 is 0 Å². The van der Waals surface area contributed by atoms with Gasteiger partial charge < -0.3 is 10.5 Å². The second-order valence-electron chi connectivity index (χ2n) is 4.51. The maximum absolute atomic E-state index is 5.80. The first-order chi connectivity index (χ1) is 8.74. The summed E-state index contributed by atoms with van der Waals surface area (Å²) in [5.41, 5.74) is 7.03. The van der Waals surface area contributed by atoms with Gasteiger partial charge in [-0.25, -0.2) is 0 Å². The highest BCUT2D eigenvalue weighted by Crippen LogP contribution is 2.16. The molecule has 0 radical (unpaired) electrons. The van der Waals surface area contributed by atoms with Crippen LogP contribution in [-0.2, 0) is 12.8 Å². The van der Waals surface area contributed by atoms with Crippen LogP contribution in [0.25, 0.3) is 0 Å². The predicted molar refractivity (Wildman–Crippen MR) is 77.3 cm³/mol. The van der Waals surface area contributed by atoms with Crippen LogP contribution in [0, 0.1) is 0 Å². The van der Waals surface area contributed by atoms with Crippen LogP contribution in [0.5, 0.6) is 5.75 Å². The molecule has 0 aliphatic heterocycles. The molecule has 0 saturated heterocycles. The lowest BCUT2D eigenvalue weighted by Gasteiger charge is -2.09. The van der Waals surface area contributed by atoms with Crippen molar-refractivity contribution >= 4 is 11.3 Å². The van der Waals surface area contributed by atoms with Gasteiger partial charge in [-0.05, 0) is 42.5 Å². The van der Waals surface area contributed by atoms with Gasteiger partial charge in [0.1, 0.15) is 5.75 Å². The van der Waals surface area contributed by atoms with Gasteiger partial charge in [0.25, 0.3) is 0 Å². The third-order valence-corrected chi connectivity index (χ3v) is 3.59. The molecule has 3 heteroatoms. The Morgan fingerprint density at radius 2 is 2.17 bits per heavy atom. The van der Waals surface area contributed by atoms with Gasteiger partial charge in [-0.3, -0.25) is 0 Å². The summed E-state index contributed by atoms with van der Waals surface area (Å²) in [5.74, 6) is 0.935. The van der Waals surface area contributed by atoms with E-state index in [4.69, 9.17) is 10.5 Å². The van der Waals surface area contributed by atoms with Crippen molar-refractivity contribution in [3.8, 4) is 5.75 Å². The molecule has 0 fully saturated rings. The van der Waals surface area contributed by atoms with Crippen LogP contribution >= 0.6 is 11.3 Å². The molecule has 1 aromatic heterocycles. The molecule has 2 aromatic rings. The molecule has 1 aromatic carbocycles. The minimum absolute atomic E-state index is 0.186. The van der Waals surface area contributed by atoms with E-state index >= 15 is 0 Å². The average Bonchev–Trinajstić information content (AvgIpc) is 2.82. The van der Waals surface area contributed by atoms with E-state index in [9.17, 15) is 0 Å². The molecular weight excluding hydrogens is 242 g/mol. The fraction of sp³-hybridized carbons (Fsp3) is 0.333. The largest absolute Gasteiger partial charge is 0.493 e. The molecule has 0 saturated carbocycles. The molecule has 1 atom stereocenters. The number of thiophene rings is 1. The summed E-state index contributed by atoms with van der Waals surface area (Å²) in [7, 11) is 0. The van der Waals surface area contributed by atoms with E-state index in [0.717, 1.165) is 25.2 Å². The lowest BCUT2D eigenvalue weighted by molar-refractivity contribution is 0.322. The monoisotopic (exact) mass is 261 g/mol. The standard InChI is InChI=1S/C15H19NOS/c1-12(16)10-13-4-2-5-14(11-13)17-8-7-15-6-3-9-18-15/h2-6,9,11-12H,7-8,10,16H2,1H3. The third kappa shape index (κ3) is 4.17. The highest BCUT2D eigenvalue weighted by Gasteiger charge is 2.01. The Kier molecular flexibility index (Phi) is 4.79. The molecule has 96 valence electrons. The van der Waals surface area contributed by atoms with Gasteiger partial charge in [0.2, 0.25) is 0 Å². The minimum atomic E-state index is 0.186. The van der Waals surface area contributed by atoms with Gasteiger partial charge in [0, 0.05) is 17.3 Å². The Balaban J connectivity index is 1.85. The Bertz CT molecular complexity index is 465. The van der Waals surface area contributed by atoms with Crippen molar-refractivity contribution in [3.05, 3.63) is 52.2 Å². The maximum atomic E-state index is 5.80. The number of ether oxygens (including phenoxy) is 1. The molecule has 2 nitrogen and oxygen atoms in total. The summed E-state index contributed by atoms with van der Waals surface area (Å²) in [6.45, 7) is 2.74. The van der Waals surface area contributed by atoms with Crippen molar-refractivity contribution in [2.75, 3.05) is 6.61 Å². The summed E-state index contributed by atoms with van der Waals surface area (Å²) >= 11 is 1.77. The van der Waals surface area contributed by atoms with Gasteiger partial charge in [-0.2, -0.15) is 0 Å². The van der Waals surface area contributed by atoms with E-state index in [1.54, 1.807) is 11.3 Å². The zero-order valence-corrected chi connectivity index (χ0v) is 11.5. The predicted octanol–water partition coefficient (Wildman–Crippen LogP) is 3.26. The Morgan fingerprint density at radius 1 is 1.28 bits per heavy atom. The first kappa shape index (κ1) is 13.1. The molecule has 0 bridgehead atoms. The Labute approximate surface area is 112 Å². The molecule has 2 rings (SSSR count). The van der Waals surface area contributed by atoms with Crippen molar-refractivity contribution in [3.63, 3.8) is 0 Å². The van der Waals surface area contributed by atoms with Crippen molar-refractivity contribution in [2.24, 2.45) is 5.73 Å². The summed E-state index contributed by atoms with van der Waals surface area (Å²) in [6, 6.07) is 12.6. The van der Waals surface area contributed by atoms with Crippen LogP contribution in [-0.4, -0.2) is 12.6 Å². The van der Waals surface area contributed by atoms with E-state index in [0.29, 0.717) is 0 Å². The van der Waals surface area contributed by atoms with Gasteiger partial charge in [-0.1, -0.05) is 18.2 Å². The first-order valence-electron chi connectivity index (χ1n) is 6.24. The quantitative estimate of drug-likeness (QED) is 0.866. The fourth-order valence-electron chi connectivity index (χ4n) is 1.86. The summed E-state index contributed by atoms with van der Waals surface area (Å²) in [6.07, 6.45) is 1.86. The lowest BCUT2D eigenvalue weighted by Crippen LogP contribution is -2.17. The van der Waals surface area contributed by atoms with E-state index in [-0.39, 0.29) is 6.04 Å². The molecule has 18 heavy (non-hydrogen) atoms. The van der Waals surface area contributed by atoms with Gasteiger partial charge >= 0.3 is 0 Å². The Morgan fingerprint density at radius 3 is 2.89 bits per heavy atom. The Hall–Kier alpha value is -1.32. The number of hydrogen-bond donors (Lipinski definition) is 1. The summed E-state index contributed by atoms with van der Waals surface area (Å²) in [5, 5.41) is 2.10. The van der Waals surface area contributed by atoms with Crippen LogP contribution in [0.4, 0.5) is 0 Å². The third-order valence-electron chi connectivity index (χ3n) is 2.65. The van der Waals surface area contributed by atoms with Gasteiger partial charge in [0.15, 0.2) is 0 Å². The molecule has 0 spiro atoms. The zero-order chi connectivity index (χ0) is 12.8. The average molecular weight is 261 g/mol. The summed E-state index contributed by atoms with van der Waals surface area (Å²) in [4.78, 5) is 1.36. The number of rotatable bonds is 6. The topological polar surface area (TPSA) is 35.2 Å². The van der Waals surface area contributed by atoms with Crippen LogP contribution < -0.4 is 10.5 Å². The molecule has 2 N–H and O–H groups in total. The normalized spacial score (nSPS) is 12.3. The first-order valence-corrected chi connectivity index (χ1v) is 7.12. The number of nitrogens with two attached hydrogens (primary N) is 1. The fourth-order valence-corrected chi connectivity index (χ4v) is 2.55. The zero-order valence-electron chi connectivity index (χ0n) is 10.6. The molecule has 1 heterocycles. The molecule has 0 amide bonds. The van der Waals surface area contributed by atoms with Crippen LogP contribution in [0.3, 0.4) is 0 Å². The van der Waals surface area contributed by atoms with E-state index in [1.807, 2.05) is 19.1 Å². The van der Waals surface area contributed by atoms with Crippen LogP contribution in [0.1, 0.15) is 17.4 Å².